The third kappa shape index (κ3) is 5.12. The Labute approximate surface area is 150 Å². The van der Waals surface area contributed by atoms with Crippen molar-refractivity contribution in [3.8, 4) is 0 Å². The predicted molar refractivity (Wildman–Crippen MR) is 99.5 cm³/mol. The lowest BCUT2D eigenvalue weighted by Gasteiger charge is -2.11. The van der Waals surface area contributed by atoms with Gasteiger partial charge < -0.3 is 10.6 Å². The highest BCUT2D eigenvalue weighted by Gasteiger charge is 2.03. The van der Waals surface area contributed by atoms with Gasteiger partial charge in [-0.05, 0) is 18.1 Å². The van der Waals surface area contributed by atoms with E-state index in [1.165, 1.54) is 16.0 Å². The summed E-state index contributed by atoms with van der Waals surface area (Å²) in [6.45, 7) is 4.14. The van der Waals surface area contributed by atoms with Crippen LogP contribution in [-0.4, -0.2) is 32.8 Å². The van der Waals surface area contributed by atoms with Crippen LogP contribution < -0.4 is 10.6 Å². The molecule has 0 aliphatic rings. The molecule has 2 aromatic heterocycles. The molecule has 0 aliphatic carbocycles. The molecule has 0 saturated carbocycles. The predicted octanol–water partition coefficient (Wildman–Crippen LogP) is 1.96. The molecule has 2 heterocycles. The van der Waals surface area contributed by atoms with Gasteiger partial charge in [0, 0.05) is 24.7 Å². The zero-order valence-electron chi connectivity index (χ0n) is 14.3. The van der Waals surface area contributed by atoms with E-state index in [-0.39, 0.29) is 0 Å². The Morgan fingerprint density at radius 2 is 2.08 bits per heavy atom. The Morgan fingerprint density at radius 1 is 1.24 bits per heavy atom. The minimum absolute atomic E-state index is 0.671. The number of rotatable bonds is 6. The van der Waals surface area contributed by atoms with Crippen LogP contribution in [0.1, 0.15) is 21.0 Å². The fourth-order valence-corrected chi connectivity index (χ4v) is 3.12. The van der Waals surface area contributed by atoms with E-state index in [9.17, 15) is 0 Å². The maximum atomic E-state index is 4.35. The van der Waals surface area contributed by atoms with Gasteiger partial charge in [0.1, 0.15) is 17.7 Å². The number of nitrogens with one attached hydrogen (secondary N) is 2. The van der Waals surface area contributed by atoms with Crippen LogP contribution in [0.4, 0.5) is 0 Å². The fourth-order valence-electron chi connectivity index (χ4n) is 2.39. The van der Waals surface area contributed by atoms with Crippen LogP contribution in [0.25, 0.3) is 0 Å². The molecular formula is C17H21N7S. The first-order valence-corrected chi connectivity index (χ1v) is 8.80. The number of hydrogen-bond acceptors (Lipinski definition) is 5. The van der Waals surface area contributed by atoms with E-state index in [0.717, 1.165) is 11.0 Å². The number of thiazole rings is 1. The van der Waals surface area contributed by atoms with Crippen LogP contribution in [0.15, 0.2) is 48.1 Å². The van der Waals surface area contributed by atoms with Gasteiger partial charge in [-0.1, -0.05) is 24.3 Å². The van der Waals surface area contributed by atoms with Crippen molar-refractivity contribution in [2.75, 3.05) is 7.05 Å². The molecule has 1 aromatic carbocycles. The minimum atomic E-state index is 0.671. The van der Waals surface area contributed by atoms with Gasteiger partial charge in [0.05, 0.1) is 13.1 Å². The zero-order chi connectivity index (χ0) is 17.5. The lowest BCUT2D eigenvalue weighted by molar-refractivity contribution is 0.683. The van der Waals surface area contributed by atoms with Gasteiger partial charge in [-0.3, -0.25) is 4.99 Å². The van der Waals surface area contributed by atoms with Crippen molar-refractivity contribution in [3.05, 3.63) is 64.1 Å². The molecule has 0 radical (unpaired) electrons. The number of aliphatic imine (C=N–C) groups is 1. The molecule has 25 heavy (non-hydrogen) atoms. The molecule has 0 aliphatic heterocycles. The second-order valence-electron chi connectivity index (χ2n) is 5.56. The maximum absolute atomic E-state index is 4.35. The first-order chi connectivity index (χ1) is 12.2. The van der Waals surface area contributed by atoms with Crippen molar-refractivity contribution in [1.82, 2.24) is 30.4 Å². The van der Waals surface area contributed by atoms with Gasteiger partial charge in [0.25, 0.3) is 0 Å². The minimum Gasteiger partial charge on any atom is -0.352 e. The Balaban J connectivity index is 1.52. The zero-order valence-corrected chi connectivity index (χ0v) is 15.1. The summed E-state index contributed by atoms with van der Waals surface area (Å²) in [4.78, 5) is 13.8. The molecule has 7 nitrogen and oxygen atoms in total. The summed E-state index contributed by atoms with van der Waals surface area (Å²) >= 11 is 1.69. The van der Waals surface area contributed by atoms with Crippen LogP contribution in [0.5, 0.6) is 0 Å². The van der Waals surface area contributed by atoms with E-state index < -0.39 is 0 Å². The first-order valence-electron chi connectivity index (χ1n) is 7.99. The van der Waals surface area contributed by atoms with Gasteiger partial charge >= 0.3 is 0 Å². The Hall–Kier alpha value is -2.74. The van der Waals surface area contributed by atoms with Gasteiger partial charge in [0.15, 0.2) is 5.96 Å². The average molecular weight is 355 g/mol. The summed E-state index contributed by atoms with van der Waals surface area (Å²) in [5, 5.41) is 11.8. The normalized spacial score (nSPS) is 11.5. The summed E-state index contributed by atoms with van der Waals surface area (Å²) in [5.41, 5.74) is 2.37. The molecule has 0 atom stereocenters. The van der Waals surface area contributed by atoms with Crippen molar-refractivity contribution in [1.29, 1.82) is 0 Å². The number of aryl methyl sites for hydroxylation is 1. The van der Waals surface area contributed by atoms with Crippen LogP contribution in [0.3, 0.4) is 0 Å². The SMILES string of the molecule is CN=C(NCc1cccc(Cn2cncn2)c1)NCc1ncc(C)s1. The largest absolute Gasteiger partial charge is 0.352 e. The molecule has 130 valence electrons. The molecule has 2 N–H and O–H groups in total. The number of hydrogen-bond donors (Lipinski definition) is 2. The quantitative estimate of drug-likeness (QED) is 0.522. The molecule has 0 unspecified atom stereocenters. The fraction of sp³-hybridized carbons (Fsp3) is 0.294. The van der Waals surface area contributed by atoms with Crippen LogP contribution in [-0.2, 0) is 19.6 Å². The molecule has 8 heteroatoms. The summed E-state index contributed by atoms with van der Waals surface area (Å²) in [6, 6.07) is 8.39. The molecule has 3 rings (SSSR count). The summed E-state index contributed by atoms with van der Waals surface area (Å²) in [6.07, 6.45) is 5.15. The maximum Gasteiger partial charge on any atom is 0.191 e. The Kier molecular flexibility index (Phi) is 5.73. The third-order valence-corrected chi connectivity index (χ3v) is 4.48. The van der Waals surface area contributed by atoms with E-state index in [4.69, 9.17) is 0 Å². The van der Waals surface area contributed by atoms with E-state index in [2.05, 4.69) is 61.9 Å². The summed E-state index contributed by atoms with van der Waals surface area (Å²) in [7, 11) is 1.77. The monoisotopic (exact) mass is 355 g/mol. The van der Waals surface area contributed by atoms with Crippen LogP contribution >= 0.6 is 11.3 Å². The molecule has 0 spiro atoms. The highest BCUT2D eigenvalue weighted by molar-refractivity contribution is 7.11. The topological polar surface area (TPSA) is 80.0 Å². The molecule has 0 bridgehead atoms. The van der Waals surface area contributed by atoms with Crippen LogP contribution in [0.2, 0.25) is 0 Å². The molecule has 0 fully saturated rings. The highest BCUT2D eigenvalue weighted by Crippen LogP contribution is 2.10. The number of nitrogens with zero attached hydrogens (tertiary/aromatic N) is 5. The third-order valence-electron chi connectivity index (χ3n) is 3.56. The van der Waals surface area contributed by atoms with Gasteiger partial charge in [0.2, 0.25) is 0 Å². The molecular weight excluding hydrogens is 334 g/mol. The summed E-state index contributed by atoms with van der Waals surface area (Å²) in [5.74, 6) is 0.759. The van der Waals surface area contributed by atoms with Crippen molar-refractivity contribution >= 4 is 17.3 Å². The van der Waals surface area contributed by atoms with Crippen LogP contribution in [0, 0.1) is 6.92 Å². The highest BCUT2D eigenvalue weighted by atomic mass is 32.1. The lowest BCUT2D eigenvalue weighted by Crippen LogP contribution is -2.36. The van der Waals surface area contributed by atoms with E-state index in [1.54, 1.807) is 31.0 Å². The number of benzene rings is 1. The van der Waals surface area contributed by atoms with Crippen molar-refractivity contribution in [2.24, 2.45) is 4.99 Å². The smallest absolute Gasteiger partial charge is 0.191 e. The Bertz CT molecular complexity index is 823. The van der Waals surface area contributed by atoms with Gasteiger partial charge in [-0.25, -0.2) is 14.6 Å². The number of guanidine groups is 1. The summed E-state index contributed by atoms with van der Waals surface area (Å²) < 4.78 is 1.81. The first kappa shape index (κ1) is 17.1. The lowest BCUT2D eigenvalue weighted by atomic mass is 10.1. The van der Waals surface area contributed by atoms with E-state index in [0.29, 0.717) is 19.6 Å². The molecule has 0 saturated heterocycles. The molecule has 0 amide bonds. The molecule has 3 aromatic rings. The van der Waals surface area contributed by atoms with E-state index >= 15 is 0 Å². The van der Waals surface area contributed by atoms with E-state index in [1.807, 2.05) is 10.9 Å². The van der Waals surface area contributed by atoms with Crippen molar-refractivity contribution in [2.45, 2.75) is 26.6 Å². The Morgan fingerprint density at radius 3 is 2.80 bits per heavy atom. The second-order valence-corrected chi connectivity index (χ2v) is 6.88. The second kappa shape index (κ2) is 8.39. The van der Waals surface area contributed by atoms with Gasteiger partial charge in [-0.15, -0.1) is 11.3 Å². The average Bonchev–Trinajstić information content (AvgIpc) is 3.27. The van der Waals surface area contributed by atoms with Gasteiger partial charge in [-0.2, -0.15) is 5.10 Å². The van der Waals surface area contributed by atoms with Crippen molar-refractivity contribution < 1.29 is 0 Å². The van der Waals surface area contributed by atoms with Crippen molar-refractivity contribution in [3.63, 3.8) is 0 Å². The standard InChI is InChI=1S/C17H21N7S/c1-13-7-20-16(25-13)9-22-17(18-2)21-8-14-4-3-5-15(6-14)10-24-12-19-11-23-24/h3-7,11-12H,8-10H2,1-2H3,(H2,18,21,22). The number of aromatic nitrogens is 4.